The van der Waals surface area contributed by atoms with Crippen LogP contribution in [0.2, 0.25) is 0 Å². The number of aromatic nitrogens is 2. The third-order valence-electron chi connectivity index (χ3n) is 5.71. The first kappa shape index (κ1) is 25.0. The summed E-state index contributed by atoms with van der Waals surface area (Å²) in [5.41, 5.74) is 1.43. The summed E-state index contributed by atoms with van der Waals surface area (Å²) in [7, 11) is 0. The normalized spacial score (nSPS) is 12.3. The molecule has 1 aromatic heterocycles. The number of hydrogen-bond donors (Lipinski definition) is 0. The van der Waals surface area contributed by atoms with E-state index in [-0.39, 0.29) is 18.2 Å². The van der Waals surface area contributed by atoms with Crippen LogP contribution < -0.4 is 4.90 Å². The highest BCUT2D eigenvalue weighted by molar-refractivity contribution is 5.87. The molecule has 0 spiro atoms. The minimum Gasteiger partial charge on any atom is -0.278 e. The van der Waals surface area contributed by atoms with Gasteiger partial charge in [0.15, 0.2) is 5.82 Å². The Morgan fingerprint density at radius 2 is 1.67 bits per heavy atom. The fourth-order valence-corrected chi connectivity index (χ4v) is 4.07. The minimum absolute atomic E-state index is 0.209. The molecule has 0 aliphatic carbocycles. The molecule has 1 atom stereocenters. The van der Waals surface area contributed by atoms with Crippen molar-refractivity contribution in [1.29, 1.82) is 0 Å². The van der Waals surface area contributed by atoms with E-state index < -0.39 is 23.4 Å². The molecule has 4 nitrogen and oxygen atoms in total. The van der Waals surface area contributed by atoms with Gasteiger partial charge < -0.3 is 0 Å². The van der Waals surface area contributed by atoms with Crippen LogP contribution in [0.5, 0.6) is 0 Å². The van der Waals surface area contributed by atoms with Crippen LogP contribution in [0.25, 0.3) is 11.1 Å². The van der Waals surface area contributed by atoms with Crippen molar-refractivity contribution in [2.75, 3.05) is 4.90 Å². The molecule has 0 aliphatic heterocycles. The minimum atomic E-state index is -4.51. The van der Waals surface area contributed by atoms with Gasteiger partial charge in [-0.15, -0.1) is 0 Å². The van der Waals surface area contributed by atoms with Gasteiger partial charge in [-0.1, -0.05) is 25.1 Å². The van der Waals surface area contributed by atoms with Crippen molar-refractivity contribution in [3.05, 3.63) is 108 Å². The summed E-state index contributed by atoms with van der Waals surface area (Å²) in [6.07, 6.45) is 0.522. The second kappa shape index (κ2) is 10.2. The second-order valence-electron chi connectivity index (χ2n) is 8.27. The topological polar surface area (TPSA) is 46.1 Å². The van der Waals surface area contributed by atoms with Crippen molar-refractivity contribution >= 4 is 17.9 Å². The number of nitrogens with zero attached hydrogens (tertiary/aromatic N) is 3. The summed E-state index contributed by atoms with van der Waals surface area (Å²) >= 11 is 0. The number of benzene rings is 3. The van der Waals surface area contributed by atoms with Crippen molar-refractivity contribution in [3.8, 4) is 11.1 Å². The molecule has 1 heterocycles. The maximum absolute atomic E-state index is 13.8. The number of carbonyl (C=O) groups excluding carboxylic acids is 1. The van der Waals surface area contributed by atoms with Crippen LogP contribution >= 0.6 is 0 Å². The molecule has 4 aromatic rings. The molecule has 1 unspecified atom stereocenters. The average molecular weight is 497 g/mol. The molecule has 0 saturated heterocycles. The number of halogens is 5. The highest BCUT2D eigenvalue weighted by Gasteiger charge is 2.30. The maximum atomic E-state index is 13.8. The lowest BCUT2D eigenvalue weighted by molar-refractivity contribution is -0.137. The Morgan fingerprint density at radius 3 is 2.31 bits per heavy atom. The summed E-state index contributed by atoms with van der Waals surface area (Å²) in [6, 6.07) is 13.0. The Balaban J connectivity index is 1.82. The van der Waals surface area contributed by atoms with E-state index in [4.69, 9.17) is 0 Å². The van der Waals surface area contributed by atoms with Crippen LogP contribution in [0.4, 0.5) is 33.5 Å². The molecule has 1 amide bonds. The van der Waals surface area contributed by atoms with Gasteiger partial charge in [-0.3, -0.25) is 14.7 Å². The number of hydrogen-bond acceptors (Lipinski definition) is 3. The third kappa shape index (κ3) is 5.56. The zero-order valence-electron chi connectivity index (χ0n) is 19.0. The third-order valence-corrected chi connectivity index (χ3v) is 5.71. The lowest BCUT2D eigenvalue weighted by Gasteiger charge is -2.24. The van der Waals surface area contributed by atoms with Crippen LogP contribution in [0, 0.1) is 11.6 Å². The van der Waals surface area contributed by atoms with E-state index in [1.165, 1.54) is 41.7 Å². The van der Waals surface area contributed by atoms with Crippen molar-refractivity contribution in [3.63, 3.8) is 0 Å². The smallest absolute Gasteiger partial charge is 0.278 e. The summed E-state index contributed by atoms with van der Waals surface area (Å²) in [5.74, 6) is -1.58. The zero-order chi connectivity index (χ0) is 25.9. The molecule has 0 bridgehead atoms. The van der Waals surface area contributed by atoms with Crippen LogP contribution in [-0.4, -0.2) is 16.4 Å². The van der Waals surface area contributed by atoms with Gasteiger partial charge in [-0.05, 0) is 71.0 Å². The predicted molar refractivity (Wildman–Crippen MR) is 126 cm³/mol. The second-order valence-corrected chi connectivity index (χ2v) is 8.27. The highest BCUT2D eigenvalue weighted by atomic mass is 19.4. The predicted octanol–water partition coefficient (Wildman–Crippen LogP) is 7.08. The molecular formula is C27H20F5N3O. The summed E-state index contributed by atoms with van der Waals surface area (Å²) in [6.45, 7) is 1.80. The van der Waals surface area contributed by atoms with Gasteiger partial charge in [0, 0.05) is 18.5 Å². The zero-order valence-corrected chi connectivity index (χ0v) is 19.0. The van der Waals surface area contributed by atoms with E-state index >= 15 is 0 Å². The van der Waals surface area contributed by atoms with E-state index in [9.17, 15) is 26.7 Å². The van der Waals surface area contributed by atoms with Gasteiger partial charge in [0.25, 0.3) is 0 Å². The van der Waals surface area contributed by atoms with E-state index in [0.29, 0.717) is 34.4 Å². The quantitative estimate of drug-likeness (QED) is 0.202. The fourth-order valence-electron chi connectivity index (χ4n) is 4.07. The highest BCUT2D eigenvalue weighted by Crippen LogP contribution is 2.38. The van der Waals surface area contributed by atoms with Gasteiger partial charge in [0.1, 0.15) is 11.6 Å². The molecule has 0 fully saturated rings. The molecular weight excluding hydrogens is 477 g/mol. The molecule has 0 radical (unpaired) electrons. The first-order valence-corrected chi connectivity index (χ1v) is 10.9. The first-order chi connectivity index (χ1) is 17.2. The Bertz CT molecular complexity index is 1360. The number of rotatable bonds is 7. The molecule has 0 N–H and O–H groups in total. The van der Waals surface area contributed by atoms with Gasteiger partial charge in [0.2, 0.25) is 6.41 Å². The maximum Gasteiger partial charge on any atom is 0.416 e. The Morgan fingerprint density at radius 1 is 0.944 bits per heavy atom. The van der Waals surface area contributed by atoms with Gasteiger partial charge >= 0.3 is 6.18 Å². The van der Waals surface area contributed by atoms with Crippen molar-refractivity contribution in [2.24, 2.45) is 0 Å². The Labute approximate surface area is 204 Å². The summed E-state index contributed by atoms with van der Waals surface area (Å²) < 4.78 is 67.4. The number of anilines is 2. The number of amides is 1. The van der Waals surface area contributed by atoms with E-state index in [2.05, 4.69) is 9.97 Å². The van der Waals surface area contributed by atoms with Crippen molar-refractivity contribution in [1.82, 2.24) is 9.97 Å². The van der Waals surface area contributed by atoms with Gasteiger partial charge in [0.05, 0.1) is 17.4 Å². The molecule has 0 saturated carbocycles. The Kier molecular flexibility index (Phi) is 7.10. The molecule has 3 aromatic carbocycles. The lowest BCUT2D eigenvalue weighted by Crippen LogP contribution is -2.18. The molecule has 184 valence electrons. The standard InChI is InChI=1S/C27H20F5N3O/c1-17(9-18-10-22(28)14-23(29)11-18)24-13-20(19-3-2-4-21(12-19)27(30,31)32)5-6-25(24)35(16-36)26-15-33-7-8-34-26/h2-8,10-17H,9H2,1H3. The van der Waals surface area contributed by atoms with Crippen molar-refractivity contribution < 1.29 is 26.7 Å². The monoisotopic (exact) mass is 497 g/mol. The van der Waals surface area contributed by atoms with Crippen molar-refractivity contribution in [2.45, 2.75) is 25.4 Å². The lowest BCUT2D eigenvalue weighted by atomic mass is 9.89. The van der Waals surface area contributed by atoms with E-state index in [1.807, 2.05) is 0 Å². The summed E-state index contributed by atoms with van der Waals surface area (Å²) in [4.78, 5) is 21.5. The Hall–Kier alpha value is -4.14. The fraction of sp³-hybridized carbons (Fsp3) is 0.148. The van der Waals surface area contributed by atoms with Gasteiger partial charge in [-0.25, -0.2) is 13.8 Å². The molecule has 0 aliphatic rings. The van der Waals surface area contributed by atoms with Crippen LogP contribution in [-0.2, 0) is 17.4 Å². The van der Waals surface area contributed by atoms with Gasteiger partial charge in [-0.2, -0.15) is 13.2 Å². The van der Waals surface area contributed by atoms with Crippen LogP contribution in [0.1, 0.15) is 29.5 Å². The first-order valence-electron chi connectivity index (χ1n) is 10.9. The van der Waals surface area contributed by atoms with E-state index in [0.717, 1.165) is 18.2 Å². The summed E-state index contributed by atoms with van der Waals surface area (Å²) in [5, 5.41) is 0. The molecule has 4 rings (SSSR count). The number of alkyl halides is 3. The average Bonchev–Trinajstić information content (AvgIpc) is 2.84. The van der Waals surface area contributed by atoms with Crippen LogP contribution in [0.15, 0.2) is 79.3 Å². The SMILES string of the molecule is CC(Cc1cc(F)cc(F)c1)c1cc(-c2cccc(C(F)(F)F)c2)ccc1N(C=O)c1cnccn1. The molecule has 36 heavy (non-hydrogen) atoms. The van der Waals surface area contributed by atoms with Crippen LogP contribution in [0.3, 0.4) is 0 Å². The molecule has 9 heteroatoms. The largest absolute Gasteiger partial charge is 0.416 e. The van der Waals surface area contributed by atoms with E-state index in [1.54, 1.807) is 31.2 Å². The number of carbonyl (C=O) groups is 1.